The molecule has 2 amide bonds. The van der Waals surface area contributed by atoms with Gasteiger partial charge in [-0.3, -0.25) is 14.5 Å². The minimum Gasteiger partial charge on any atom is -0.379 e. The summed E-state index contributed by atoms with van der Waals surface area (Å²) < 4.78 is 46.6. The number of anilines is 2. The Hall–Kier alpha value is -3.71. The number of hydrogen-bond donors (Lipinski definition) is 4. The Kier molecular flexibility index (Phi) is 6.65. The number of amides is 2. The number of ether oxygens (including phenoxy) is 1. The number of hydrogen-bond acceptors (Lipinski definition) is 8. The highest BCUT2D eigenvalue weighted by molar-refractivity contribution is 6.20. The largest absolute Gasteiger partial charge is 0.434 e. The van der Waals surface area contributed by atoms with Crippen molar-refractivity contribution in [1.29, 1.82) is 0 Å². The van der Waals surface area contributed by atoms with Gasteiger partial charge in [-0.15, -0.1) is 0 Å². The molecule has 1 aromatic carbocycles. The molecule has 34 heavy (non-hydrogen) atoms. The summed E-state index contributed by atoms with van der Waals surface area (Å²) in [7, 11) is 0. The van der Waals surface area contributed by atoms with Crippen molar-refractivity contribution in [3.63, 3.8) is 0 Å². The van der Waals surface area contributed by atoms with Crippen LogP contribution >= 0.6 is 0 Å². The number of rotatable bonds is 6. The zero-order valence-corrected chi connectivity index (χ0v) is 17.9. The molecule has 1 saturated heterocycles. The van der Waals surface area contributed by atoms with Gasteiger partial charge in [0, 0.05) is 32.4 Å². The molecule has 13 heteroatoms. The fourth-order valence-electron chi connectivity index (χ4n) is 3.60. The van der Waals surface area contributed by atoms with Crippen molar-refractivity contribution < 1.29 is 27.5 Å². The summed E-state index contributed by atoms with van der Waals surface area (Å²) >= 11 is 0. The highest BCUT2D eigenvalue weighted by Crippen LogP contribution is 2.34. The molecule has 5 N–H and O–H groups in total. The number of aromatic nitrogens is 2. The van der Waals surface area contributed by atoms with Crippen LogP contribution in [0.15, 0.2) is 36.3 Å². The number of morpholine rings is 1. The smallest absolute Gasteiger partial charge is 0.379 e. The molecule has 4 rings (SSSR count). The van der Waals surface area contributed by atoms with Crippen LogP contribution < -0.4 is 21.7 Å². The van der Waals surface area contributed by atoms with Gasteiger partial charge >= 0.3 is 6.18 Å². The van der Waals surface area contributed by atoms with Gasteiger partial charge in [0.2, 0.25) is 0 Å². The van der Waals surface area contributed by atoms with E-state index in [9.17, 15) is 22.8 Å². The molecule has 10 nitrogen and oxygen atoms in total. The Labute approximate surface area is 192 Å². The lowest BCUT2D eigenvalue weighted by atomic mass is 10.1. The fourth-order valence-corrected chi connectivity index (χ4v) is 3.60. The van der Waals surface area contributed by atoms with Gasteiger partial charge in [-0.25, -0.2) is 9.97 Å². The second-order valence-electron chi connectivity index (χ2n) is 7.57. The first-order valence-electron chi connectivity index (χ1n) is 10.4. The monoisotopic (exact) mass is 477 g/mol. The highest BCUT2D eigenvalue weighted by atomic mass is 19.4. The van der Waals surface area contributed by atoms with Crippen molar-refractivity contribution >= 4 is 28.8 Å². The highest BCUT2D eigenvalue weighted by Gasteiger charge is 2.39. The number of primary amides is 1. The molecule has 3 heterocycles. The van der Waals surface area contributed by atoms with Gasteiger partial charge < -0.3 is 26.4 Å². The number of benzene rings is 1. The number of fused-ring (bicyclic) bond motifs is 1. The van der Waals surface area contributed by atoms with E-state index in [1.807, 2.05) is 4.90 Å². The number of carbonyl (C=O) groups excluding carboxylic acids is 2. The lowest BCUT2D eigenvalue weighted by Crippen LogP contribution is -2.41. The van der Waals surface area contributed by atoms with Crippen molar-refractivity contribution in [3.05, 3.63) is 53.4 Å². The lowest BCUT2D eigenvalue weighted by molar-refractivity contribution is -0.141. The summed E-state index contributed by atoms with van der Waals surface area (Å²) in [5.74, 6) is -2.53. The van der Waals surface area contributed by atoms with Crippen LogP contribution in [0.2, 0.25) is 0 Å². The number of nitrogens with two attached hydrogens (primary N) is 1. The average molecular weight is 477 g/mol. The minimum atomic E-state index is -4.97. The number of nitrogens with one attached hydrogen (secondary N) is 3. The Morgan fingerprint density at radius 2 is 1.79 bits per heavy atom. The van der Waals surface area contributed by atoms with Crippen molar-refractivity contribution in [2.75, 3.05) is 50.0 Å². The van der Waals surface area contributed by atoms with Gasteiger partial charge in [-0.2, -0.15) is 13.2 Å². The van der Waals surface area contributed by atoms with Gasteiger partial charge in [0.05, 0.1) is 30.2 Å². The molecular formula is C21H22F3N7O3. The van der Waals surface area contributed by atoms with Gasteiger partial charge in [-0.05, 0) is 12.1 Å². The molecule has 0 atom stereocenters. The molecule has 0 radical (unpaired) electrons. The van der Waals surface area contributed by atoms with Crippen LogP contribution in [0.1, 0.15) is 21.9 Å². The molecule has 1 fully saturated rings. The molecule has 0 bridgehead atoms. The Morgan fingerprint density at radius 3 is 2.38 bits per heavy atom. The predicted octanol–water partition coefficient (Wildman–Crippen LogP) is 1.25. The summed E-state index contributed by atoms with van der Waals surface area (Å²) in [6.07, 6.45) is -4.22. The molecular weight excluding hydrogens is 455 g/mol. The average Bonchev–Trinajstić information content (AvgIpc) is 3.22. The van der Waals surface area contributed by atoms with Crippen molar-refractivity contribution in [2.24, 2.45) is 5.73 Å². The second-order valence-corrected chi connectivity index (χ2v) is 7.57. The Balaban J connectivity index is 1.59. The van der Waals surface area contributed by atoms with E-state index in [4.69, 9.17) is 10.5 Å². The molecule has 2 aromatic rings. The predicted molar refractivity (Wildman–Crippen MR) is 116 cm³/mol. The second kappa shape index (κ2) is 9.65. The molecule has 0 saturated carbocycles. The quantitative estimate of drug-likeness (QED) is 0.457. The van der Waals surface area contributed by atoms with Gasteiger partial charge in [-0.1, -0.05) is 12.1 Å². The zero-order chi connectivity index (χ0) is 24.3. The summed E-state index contributed by atoms with van der Waals surface area (Å²) in [6.45, 7) is 3.09. The first-order chi connectivity index (χ1) is 16.2. The number of carbonyl (C=O) groups is 2. The van der Waals surface area contributed by atoms with E-state index in [2.05, 4.69) is 25.9 Å². The van der Waals surface area contributed by atoms with Crippen LogP contribution in [-0.4, -0.2) is 66.1 Å². The van der Waals surface area contributed by atoms with Crippen LogP contribution in [0.4, 0.5) is 24.5 Å². The number of alkyl halides is 3. The van der Waals surface area contributed by atoms with E-state index in [1.165, 1.54) is 0 Å². The van der Waals surface area contributed by atoms with Crippen molar-refractivity contribution in [2.45, 2.75) is 6.18 Å². The van der Waals surface area contributed by atoms with Crippen LogP contribution in [-0.2, 0) is 15.7 Å². The fraction of sp³-hybridized carbons (Fsp3) is 0.333. The topological polar surface area (TPSA) is 134 Å². The van der Waals surface area contributed by atoms with Crippen LogP contribution in [0, 0.1) is 0 Å². The third-order valence-corrected chi connectivity index (χ3v) is 5.29. The molecule has 0 aliphatic carbocycles. The SMILES string of the molecule is NC(=O)C(=C1Nc2ccccc2N1)c1ncc(C(=O)NCCN2CCOCC2)c(C(F)(F)F)n1. The van der Waals surface area contributed by atoms with E-state index in [-0.39, 0.29) is 17.9 Å². The molecule has 2 aliphatic heterocycles. The third-order valence-electron chi connectivity index (χ3n) is 5.29. The zero-order valence-electron chi connectivity index (χ0n) is 17.9. The first kappa shape index (κ1) is 23.4. The summed E-state index contributed by atoms with van der Waals surface area (Å²) in [6, 6.07) is 6.90. The van der Waals surface area contributed by atoms with Crippen LogP contribution in [0.25, 0.3) is 5.57 Å². The van der Waals surface area contributed by atoms with E-state index in [0.29, 0.717) is 44.2 Å². The van der Waals surface area contributed by atoms with Crippen LogP contribution in [0.3, 0.4) is 0 Å². The van der Waals surface area contributed by atoms with E-state index in [1.54, 1.807) is 24.3 Å². The van der Waals surface area contributed by atoms with E-state index in [0.717, 1.165) is 6.20 Å². The van der Waals surface area contributed by atoms with E-state index < -0.39 is 35.1 Å². The summed E-state index contributed by atoms with van der Waals surface area (Å²) in [4.78, 5) is 34.1. The van der Waals surface area contributed by atoms with Gasteiger partial charge in [0.15, 0.2) is 11.5 Å². The third kappa shape index (κ3) is 5.10. The van der Waals surface area contributed by atoms with Crippen molar-refractivity contribution in [1.82, 2.24) is 20.2 Å². The van der Waals surface area contributed by atoms with Gasteiger partial charge in [0.1, 0.15) is 11.4 Å². The maximum Gasteiger partial charge on any atom is 0.434 e. The molecule has 2 aliphatic rings. The normalized spacial score (nSPS) is 15.8. The summed E-state index contributed by atoms with van der Waals surface area (Å²) in [5, 5.41) is 8.23. The maximum absolute atomic E-state index is 13.8. The molecule has 0 spiro atoms. The number of para-hydroxylation sites is 2. The molecule has 180 valence electrons. The van der Waals surface area contributed by atoms with Crippen molar-refractivity contribution in [3.8, 4) is 0 Å². The first-order valence-corrected chi connectivity index (χ1v) is 10.4. The standard InChI is InChI=1S/C21H22F3N7O3/c22-21(23,24)16-12(20(33)26-5-6-31-7-9-34-10-8-31)11-27-18(30-16)15(17(25)32)19-28-13-3-1-2-4-14(13)29-19/h1-4,11,28-29H,5-10H2,(H2,25,32)(H,26,33). The lowest BCUT2D eigenvalue weighted by Gasteiger charge is -2.26. The van der Waals surface area contributed by atoms with Crippen LogP contribution in [0.5, 0.6) is 0 Å². The Bertz CT molecular complexity index is 1100. The van der Waals surface area contributed by atoms with E-state index >= 15 is 0 Å². The maximum atomic E-state index is 13.8. The number of nitrogens with zero attached hydrogens (tertiary/aromatic N) is 3. The molecule has 0 unspecified atom stereocenters. The number of halogens is 3. The molecule has 1 aromatic heterocycles. The Morgan fingerprint density at radius 1 is 1.15 bits per heavy atom. The minimum absolute atomic E-state index is 0.0459. The summed E-state index contributed by atoms with van der Waals surface area (Å²) in [5.41, 5.74) is 4.06. The van der Waals surface area contributed by atoms with Gasteiger partial charge in [0.25, 0.3) is 11.8 Å².